The van der Waals surface area contributed by atoms with Crippen molar-refractivity contribution in [3.05, 3.63) is 48.0 Å². The molecular weight excluding hydrogens is 496 g/mol. The standard InChI is InChI=1S/C30H42N4O5/c1-5-32-17-19-33(20-18-32)16-6-15-31-30(36)25-12-14-28(35)34(23-8-10-24(37-2)11-9-23)29(25)22-7-13-26(38-3)27(21-22)39-4/h7-11,13,21,25,29H,5-6,12,14-20H2,1-4H3,(H,31,36). The highest BCUT2D eigenvalue weighted by Crippen LogP contribution is 2.42. The number of piperidine rings is 1. The fraction of sp³-hybridized carbons (Fsp3) is 0.533. The van der Waals surface area contributed by atoms with Crippen LogP contribution in [-0.4, -0.2) is 88.8 Å². The Hall–Kier alpha value is -3.30. The van der Waals surface area contributed by atoms with Crippen molar-refractivity contribution in [1.82, 2.24) is 15.1 Å². The number of anilines is 1. The van der Waals surface area contributed by atoms with Crippen molar-refractivity contribution in [2.45, 2.75) is 32.2 Å². The molecule has 9 heteroatoms. The first-order valence-corrected chi connectivity index (χ1v) is 13.9. The number of hydrogen-bond donors (Lipinski definition) is 1. The molecule has 2 unspecified atom stereocenters. The summed E-state index contributed by atoms with van der Waals surface area (Å²) >= 11 is 0. The number of piperazine rings is 1. The molecule has 0 bridgehead atoms. The molecule has 0 aliphatic carbocycles. The summed E-state index contributed by atoms with van der Waals surface area (Å²) in [6.45, 7) is 9.24. The molecule has 9 nitrogen and oxygen atoms in total. The normalized spacial score (nSPS) is 20.5. The Morgan fingerprint density at radius 2 is 1.62 bits per heavy atom. The van der Waals surface area contributed by atoms with Gasteiger partial charge in [-0.25, -0.2) is 0 Å². The molecule has 2 saturated heterocycles. The van der Waals surface area contributed by atoms with E-state index in [9.17, 15) is 9.59 Å². The lowest BCUT2D eigenvalue weighted by Gasteiger charge is -2.41. The minimum atomic E-state index is -0.485. The summed E-state index contributed by atoms with van der Waals surface area (Å²) in [5.74, 6) is 1.41. The first-order chi connectivity index (χ1) is 19.0. The molecule has 2 aromatic rings. The zero-order chi connectivity index (χ0) is 27.8. The van der Waals surface area contributed by atoms with Gasteiger partial charge in [-0.15, -0.1) is 0 Å². The zero-order valence-electron chi connectivity index (χ0n) is 23.7. The molecule has 2 atom stereocenters. The second kappa shape index (κ2) is 13.7. The van der Waals surface area contributed by atoms with Crippen molar-refractivity contribution in [1.29, 1.82) is 0 Å². The van der Waals surface area contributed by atoms with Crippen molar-refractivity contribution in [3.63, 3.8) is 0 Å². The first-order valence-electron chi connectivity index (χ1n) is 13.9. The largest absolute Gasteiger partial charge is 0.497 e. The fourth-order valence-electron chi connectivity index (χ4n) is 5.61. The van der Waals surface area contributed by atoms with Crippen molar-refractivity contribution in [2.24, 2.45) is 5.92 Å². The van der Waals surface area contributed by atoms with E-state index in [4.69, 9.17) is 14.2 Å². The van der Waals surface area contributed by atoms with Gasteiger partial charge in [0.15, 0.2) is 11.5 Å². The van der Waals surface area contributed by atoms with E-state index in [-0.39, 0.29) is 11.8 Å². The van der Waals surface area contributed by atoms with E-state index in [0.717, 1.165) is 56.9 Å². The lowest BCUT2D eigenvalue weighted by atomic mass is 9.83. The maximum absolute atomic E-state index is 13.6. The molecule has 2 amide bonds. The number of methoxy groups -OCH3 is 3. The molecule has 2 heterocycles. The summed E-state index contributed by atoms with van der Waals surface area (Å²) in [5, 5.41) is 3.18. The van der Waals surface area contributed by atoms with Gasteiger partial charge >= 0.3 is 0 Å². The number of likely N-dealkylation sites (N-methyl/N-ethyl adjacent to an activating group) is 1. The van der Waals surface area contributed by atoms with Crippen LogP contribution in [0, 0.1) is 5.92 Å². The summed E-state index contributed by atoms with van der Waals surface area (Å²) in [5.41, 5.74) is 1.55. The van der Waals surface area contributed by atoms with Crippen LogP contribution < -0.4 is 24.4 Å². The second-order valence-electron chi connectivity index (χ2n) is 10.1. The zero-order valence-corrected chi connectivity index (χ0v) is 23.7. The topological polar surface area (TPSA) is 83.6 Å². The van der Waals surface area contributed by atoms with E-state index >= 15 is 0 Å². The Morgan fingerprint density at radius 1 is 0.923 bits per heavy atom. The number of benzene rings is 2. The van der Waals surface area contributed by atoms with Crippen LogP contribution in [0.2, 0.25) is 0 Å². The lowest BCUT2D eigenvalue weighted by molar-refractivity contribution is -0.129. The van der Waals surface area contributed by atoms with Gasteiger partial charge in [0.05, 0.1) is 33.3 Å². The average Bonchev–Trinajstić information content (AvgIpc) is 2.99. The van der Waals surface area contributed by atoms with Gasteiger partial charge in [0.25, 0.3) is 0 Å². The smallest absolute Gasteiger partial charge is 0.227 e. The van der Waals surface area contributed by atoms with Crippen LogP contribution in [0.15, 0.2) is 42.5 Å². The molecule has 1 N–H and O–H groups in total. The molecular formula is C30H42N4O5. The first kappa shape index (κ1) is 28.7. The maximum Gasteiger partial charge on any atom is 0.227 e. The molecule has 0 radical (unpaired) electrons. The highest BCUT2D eigenvalue weighted by molar-refractivity contribution is 5.97. The Morgan fingerprint density at radius 3 is 2.26 bits per heavy atom. The van der Waals surface area contributed by atoms with Crippen LogP contribution in [0.1, 0.15) is 37.8 Å². The molecule has 0 spiro atoms. The molecule has 39 heavy (non-hydrogen) atoms. The number of nitrogens with one attached hydrogen (secondary N) is 1. The van der Waals surface area contributed by atoms with Gasteiger partial charge in [0, 0.05) is 44.8 Å². The number of amides is 2. The SMILES string of the molecule is CCN1CCN(CCCNC(=O)C2CCC(=O)N(c3ccc(OC)cc3)C2c2ccc(OC)c(OC)c2)CC1. The van der Waals surface area contributed by atoms with E-state index in [1.165, 1.54) is 0 Å². The van der Waals surface area contributed by atoms with Crippen molar-refractivity contribution in [2.75, 3.05) is 72.0 Å². The third-order valence-electron chi connectivity index (χ3n) is 7.90. The Kier molecular flexibility index (Phi) is 10.1. The number of hydrogen-bond acceptors (Lipinski definition) is 7. The van der Waals surface area contributed by atoms with E-state index in [0.29, 0.717) is 36.6 Å². The van der Waals surface area contributed by atoms with Gasteiger partial charge in [0.1, 0.15) is 5.75 Å². The quantitative estimate of drug-likeness (QED) is 0.440. The minimum absolute atomic E-state index is 0.0183. The molecule has 2 aliphatic heterocycles. The number of carbonyl (C=O) groups excluding carboxylic acids is 2. The van der Waals surface area contributed by atoms with Gasteiger partial charge in [-0.2, -0.15) is 0 Å². The number of carbonyl (C=O) groups is 2. The van der Waals surface area contributed by atoms with Gasteiger partial charge in [-0.05, 0) is 67.9 Å². The van der Waals surface area contributed by atoms with E-state index in [1.54, 1.807) is 26.2 Å². The fourth-order valence-corrected chi connectivity index (χ4v) is 5.61. The molecule has 0 aromatic heterocycles. The third kappa shape index (κ3) is 6.83. The molecule has 2 aliphatic rings. The summed E-state index contributed by atoms with van der Waals surface area (Å²) in [6, 6.07) is 12.5. The number of rotatable bonds is 11. The molecule has 2 aromatic carbocycles. The van der Waals surface area contributed by atoms with Gasteiger partial charge in [-0.3, -0.25) is 9.59 Å². The second-order valence-corrected chi connectivity index (χ2v) is 10.1. The van der Waals surface area contributed by atoms with Crippen LogP contribution in [0.5, 0.6) is 17.2 Å². The highest BCUT2D eigenvalue weighted by Gasteiger charge is 2.41. The Labute approximate surface area is 232 Å². The Balaban J connectivity index is 1.52. The summed E-state index contributed by atoms with van der Waals surface area (Å²) in [6.07, 6.45) is 1.68. The van der Waals surface area contributed by atoms with Crippen LogP contribution in [0.25, 0.3) is 0 Å². The Bertz CT molecular complexity index is 1100. The third-order valence-corrected chi connectivity index (χ3v) is 7.90. The summed E-state index contributed by atoms with van der Waals surface area (Å²) in [4.78, 5) is 33.7. The van der Waals surface area contributed by atoms with E-state index < -0.39 is 12.0 Å². The van der Waals surface area contributed by atoms with Crippen LogP contribution in [0.3, 0.4) is 0 Å². The van der Waals surface area contributed by atoms with Crippen molar-refractivity contribution < 1.29 is 23.8 Å². The molecule has 4 rings (SSSR count). The molecule has 2 fully saturated rings. The minimum Gasteiger partial charge on any atom is -0.497 e. The van der Waals surface area contributed by atoms with Gasteiger partial charge in [0.2, 0.25) is 11.8 Å². The summed E-state index contributed by atoms with van der Waals surface area (Å²) in [7, 11) is 4.78. The summed E-state index contributed by atoms with van der Waals surface area (Å²) < 4.78 is 16.3. The molecule has 0 saturated carbocycles. The highest BCUT2D eigenvalue weighted by atomic mass is 16.5. The predicted octanol–water partition coefficient (Wildman–Crippen LogP) is 3.34. The van der Waals surface area contributed by atoms with Crippen LogP contribution in [0.4, 0.5) is 5.69 Å². The van der Waals surface area contributed by atoms with Crippen LogP contribution in [-0.2, 0) is 9.59 Å². The maximum atomic E-state index is 13.6. The average molecular weight is 539 g/mol. The van der Waals surface area contributed by atoms with E-state index in [1.807, 2.05) is 42.5 Å². The number of nitrogens with zero attached hydrogens (tertiary/aromatic N) is 3. The molecule has 212 valence electrons. The van der Waals surface area contributed by atoms with Crippen molar-refractivity contribution in [3.8, 4) is 17.2 Å². The van der Waals surface area contributed by atoms with Gasteiger partial charge < -0.3 is 34.2 Å². The predicted molar refractivity (Wildman–Crippen MR) is 152 cm³/mol. The van der Waals surface area contributed by atoms with Crippen molar-refractivity contribution >= 4 is 17.5 Å². The van der Waals surface area contributed by atoms with E-state index in [2.05, 4.69) is 22.0 Å². The lowest BCUT2D eigenvalue weighted by Crippen LogP contribution is -2.49. The number of ether oxygens (including phenoxy) is 3. The van der Waals surface area contributed by atoms with Gasteiger partial charge in [-0.1, -0.05) is 13.0 Å². The monoisotopic (exact) mass is 538 g/mol. The van der Waals surface area contributed by atoms with Crippen LogP contribution >= 0.6 is 0 Å².